The Hall–Kier alpha value is -3.10. The summed E-state index contributed by atoms with van der Waals surface area (Å²) in [5.41, 5.74) is 6.47. The van der Waals surface area contributed by atoms with Gasteiger partial charge in [-0.1, -0.05) is 6.07 Å². The molecule has 0 bridgehead atoms. The summed E-state index contributed by atoms with van der Waals surface area (Å²) in [5.74, 6) is -0.0622. The van der Waals surface area contributed by atoms with Crippen molar-refractivity contribution in [2.75, 3.05) is 5.73 Å². The lowest BCUT2D eigenvalue weighted by Gasteiger charge is -2.08. The van der Waals surface area contributed by atoms with E-state index in [1.165, 1.54) is 0 Å². The van der Waals surface area contributed by atoms with Crippen molar-refractivity contribution >= 4 is 32.7 Å². The van der Waals surface area contributed by atoms with E-state index in [4.69, 9.17) is 5.73 Å². The molecule has 0 radical (unpaired) electrons. The van der Waals surface area contributed by atoms with Crippen molar-refractivity contribution in [1.82, 2.24) is 15.2 Å². The molecule has 0 unspecified atom stereocenters. The zero-order valence-electron chi connectivity index (χ0n) is 10.9. The number of nitrogens with one attached hydrogen (secondary N) is 2. The van der Waals surface area contributed by atoms with Gasteiger partial charge in [0, 0.05) is 10.9 Å². The number of anilines is 1. The molecule has 3 rings (SSSR count). The second-order valence-corrected chi connectivity index (χ2v) is 5.28. The molecule has 8 heteroatoms. The van der Waals surface area contributed by atoms with Crippen LogP contribution < -0.4 is 11.3 Å². The first-order valence-electron chi connectivity index (χ1n) is 6.06. The van der Waals surface area contributed by atoms with Crippen molar-refractivity contribution < 1.29 is 0 Å². The molecular formula is C14H7BrN6O. The first-order chi connectivity index (χ1) is 10.6. The van der Waals surface area contributed by atoms with Gasteiger partial charge < -0.3 is 10.7 Å². The molecular weight excluding hydrogens is 348 g/mol. The van der Waals surface area contributed by atoms with E-state index in [-0.39, 0.29) is 22.5 Å². The quantitative estimate of drug-likeness (QED) is 0.614. The zero-order chi connectivity index (χ0) is 15.9. The fraction of sp³-hybridized carbons (Fsp3) is 0. The maximum Gasteiger partial charge on any atom is 0.268 e. The van der Waals surface area contributed by atoms with E-state index in [2.05, 4.69) is 31.1 Å². The van der Waals surface area contributed by atoms with Gasteiger partial charge in [0.15, 0.2) is 0 Å². The van der Waals surface area contributed by atoms with Gasteiger partial charge in [0.1, 0.15) is 33.7 Å². The van der Waals surface area contributed by atoms with E-state index in [1.54, 1.807) is 18.2 Å². The number of aromatic amines is 2. The molecule has 0 aliphatic rings. The van der Waals surface area contributed by atoms with E-state index in [0.29, 0.717) is 15.7 Å². The molecule has 3 aromatic rings. The highest BCUT2D eigenvalue weighted by Crippen LogP contribution is 2.31. The van der Waals surface area contributed by atoms with Gasteiger partial charge in [0.2, 0.25) is 0 Å². The summed E-state index contributed by atoms with van der Waals surface area (Å²) in [4.78, 5) is 14.2. The van der Waals surface area contributed by atoms with Crippen LogP contribution in [0.1, 0.15) is 11.1 Å². The number of aromatic nitrogens is 3. The van der Waals surface area contributed by atoms with Gasteiger partial charge in [-0.05, 0) is 33.6 Å². The number of fused-ring (bicyclic) bond motifs is 1. The normalized spacial score (nSPS) is 10.3. The average Bonchev–Trinajstić information content (AvgIpc) is 2.87. The third-order valence-corrected chi connectivity index (χ3v) is 3.87. The number of rotatable bonds is 1. The molecule has 0 aliphatic heterocycles. The molecule has 0 saturated carbocycles. The number of hydrogen-bond acceptors (Lipinski definition) is 5. The number of hydrogen-bond donors (Lipinski definition) is 3. The Balaban J connectivity index is 2.44. The minimum Gasteiger partial charge on any atom is -0.384 e. The van der Waals surface area contributed by atoms with Crippen LogP contribution in [0.25, 0.3) is 22.0 Å². The van der Waals surface area contributed by atoms with Gasteiger partial charge in [-0.2, -0.15) is 15.6 Å². The summed E-state index contributed by atoms with van der Waals surface area (Å²) in [6.45, 7) is 0. The van der Waals surface area contributed by atoms with Crippen molar-refractivity contribution in [3.63, 3.8) is 0 Å². The number of pyridine rings is 1. The van der Waals surface area contributed by atoms with Crippen molar-refractivity contribution in [2.45, 2.75) is 0 Å². The van der Waals surface area contributed by atoms with Crippen LogP contribution in [-0.2, 0) is 0 Å². The summed E-state index contributed by atoms with van der Waals surface area (Å²) in [5, 5.41) is 26.2. The smallest absolute Gasteiger partial charge is 0.268 e. The second kappa shape index (κ2) is 5.02. The van der Waals surface area contributed by atoms with Gasteiger partial charge in [-0.15, -0.1) is 0 Å². The number of halogens is 1. The summed E-state index contributed by atoms with van der Waals surface area (Å²) in [6.07, 6.45) is 0. The third kappa shape index (κ3) is 1.94. The Labute approximate surface area is 132 Å². The first kappa shape index (κ1) is 13.9. The third-order valence-electron chi connectivity index (χ3n) is 3.26. The summed E-state index contributed by atoms with van der Waals surface area (Å²) >= 11 is 3.33. The minimum absolute atomic E-state index is 0.0622. The molecule has 1 aromatic carbocycles. The van der Waals surface area contributed by atoms with E-state index in [9.17, 15) is 15.3 Å². The first-order valence-corrected chi connectivity index (χ1v) is 6.86. The Morgan fingerprint density at radius 2 is 1.95 bits per heavy atom. The number of benzene rings is 1. The van der Waals surface area contributed by atoms with Crippen molar-refractivity contribution in [3.05, 3.63) is 44.3 Å². The van der Waals surface area contributed by atoms with Crippen LogP contribution in [0, 0.1) is 22.7 Å². The molecule has 106 valence electrons. The van der Waals surface area contributed by atoms with Gasteiger partial charge in [-0.3, -0.25) is 9.89 Å². The van der Waals surface area contributed by atoms with Crippen molar-refractivity contribution in [3.8, 4) is 23.3 Å². The monoisotopic (exact) mass is 354 g/mol. The summed E-state index contributed by atoms with van der Waals surface area (Å²) < 4.78 is 0.666. The predicted octanol–water partition coefficient (Wildman–Crippen LogP) is 2.01. The Kier molecular flexibility index (Phi) is 3.17. The summed E-state index contributed by atoms with van der Waals surface area (Å²) in [7, 11) is 0. The molecule has 0 aliphatic carbocycles. The number of nitrogens with two attached hydrogens (primary N) is 1. The lowest BCUT2D eigenvalue weighted by atomic mass is 9.96. The van der Waals surface area contributed by atoms with Crippen LogP contribution in [0.2, 0.25) is 0 Å². The highest BCUT2D eigenvalue weighted by Gasteiger charge is 2.18. The second-order valence-electron chi connectivity index (χ2n) is 4.49. The van der Waals surface area contributed by atoms with Crippen LogP contribution in [0.4, 0.5) is 5.82 Å². The molecule has 0 fully saturated rings. The lowest BCUT2D eigenvalue weighted by molar-refractivity contribution is 1.10. The topological polar surface area (TPSA) is 135 Å². The van der Waals surface area contributed by atoms with Crippen LogP contribution in [0.15, 0.2) is 27.6 Å². The Morgan fingerprint density at radius 3 is 2.64 bits per heavy atom. The Bertz CT molecular complexity index is 1050. The number of nitrogen functional groups attached to an aromatic ring is 1. The highest BCUT2D eigenvalue weighted by atomic mass is 79.9. The van der Waals surface area contributed by atoms with E-state index in [0.717, 1.165) is 5.39 Å². The average molecular weight is 355 g/mol. The van der Waals surface area contributed by atoms with Crippen LogP contribution in [0.5, 0.6) is 0 Å². The number of nitrogens with zero attached hydrogens (tertiary/aromatic N) is 3. The Morgan fingerprint density at radius 1 is 1.23 bits per heavy atom. The van der Waals surface area contributed by atoms with E-state index >= 15 is 0 Å². The fourth-order valence-electron chi connectivity index (χ4n) is 2.27. The van der Waals surface area contributed by atoms with Crippen LogP contribution in [0.3, 0.4) is 0 Å². The largest absolute Gasteiger partial charge is 0.384 e. The predicted molar refractivity (Wildman–Crippen MR) is 83.7 cm³/mol. The number of H-pyrrole nitrogens is 2. The van der Waals surface area contributed by atoms with Crippen molar-refractivity contribution in [1.29, 1.82) is 10.5 Å². The zero-order valence-corrected chi connectivity index (χ0v) is 12.5. The molecule has 0 spiro atoms. The molecule has 2 heterocycles. The SMILES string of the molecule is N#Cc1c(N)[nH]c(=O)c(C#N)c1-c1ccc2n[nH]c(Br)c2c1. The fourth-order valence-corrected chi connectivity index (χ4v) is 2.67. The van der Waals surface area contributed by atoms with Crippen LogP contribution >= 0.6 is 15.9 Å². The van der Waals surface area contributed by atoms with Crippen LogP contribution in [-0.4, -0.2) is 15.2 Å². The van der Waals surface area contributed by atoms with E-state index < -0.39 is 5.56 Å². The molecule has 0 atom stereocenters. The van der Waals surface area contributed by atoms with Gasteiger partial charge in [0.05, 0.1) is 5.52 Å². The van der Waals surface area contributed by atoms with Crippen molar-refractivity contribution in [2.24, 2.45) is 0 Å². The molecule has 7 nitrogen and oxygen atoms in total. The summed E-state index contributed by atoms with van der Waals surface area (Å²) in [6, 6.07) is 8.92. The standard InChI is InChI=1S/C14H7BrN6O/c15-12-7-3-6(1-2-10(7)20-21-12)11-8(4-16)13(18)19-14(22)9(11)5-17/h1-3H,(H,20,21)(H3,18,19,22). The highest BCUT2D eigenvalue weighted by molar-refractivity contribution is 9.10. The maximum absolute atomic E-state index is 11.9. The molecule has 22 heavy (non-hydrogen) atoms. The van der Waals surface area contributed by atoms with E-state index in [1.807, 2.05) is 12.1 Å². The molecule has 0 saturated heterocycles. The molecule has 0 amide bonds. The lowest BCUT2D eigenvalue weighted by Crippen LogP contribution is -2.16. The maximum atomic E-state index is 11.9. The number of nitriles is 2. The molecule has 2 aromatic heterocycles. The van der Waals surface area contributed by atoms with Gasteiger partial charge in [0.25, 0.3) is 5.56 Å². The van der Waals surface area contributed by atoms with Gasteiger partial charge in [-0.25, -0.2) is 0 Å². The van der Waals surface area contributed by atoms with Gasteiger partial charge >= 0.3 is 0 Å². The minimum atomic E-state index is -0.625. The molecule has 4 N–H and O–H groups in total.